The zero-order valence-corrected chi connectivity index (χ0v) is 13.0. The third-order valence-corrected chi connectivity index (χ3v) is 2.60. The highest BCUT2D eigenvalue weighted by Crippen LogP contribution is 2.17. The molecule has 0 saturated heterocycles. The lowest BCUT2D eigenvalue weighted by atomic mass is 10.1. The SMILES string of the molecule is CCCOc1cccc(NC(=O)CCNC(C)(C)C)c1. The number of hydrogen-bond acceptors (Lipinski definition) is 3. The molecule has 1 rings (SSSR count). The Morgan fingerprint density at radius 2 is 2.05 bits per heavy atom. The molecule has 4 heteroatoms. The topological polar surface area (TPSA) is 50.4 Å². The standard InChI is InChI=1S/C16H26N2O2/c1-5-11-20-14-8-6-7-13(12-14)18-15(19)9-10-17-16(2,3)4/h6-8,12,17H,5,9-11H2,1-4H3,(H,18,19). The van der Waals surface area contributed by atoms with Crippen LogP contribution in [-0.4, -0.2) is 24.6 Å². The molecule has 112 valence electrons. The molecule has 1 amide bonds. The van der Waals surface area contributed by atoms with Crippen LogP contribution in [0.4, 0.5) is 5.69 Å². The Bertz CT molecular complexity index is 425. The third kappa shape index (κ3) is 7.14. The molecule has 0 spiro atoms. The van der Waals surface area contributed by atoms with Gasteiger partial charge in [0.1, 0.15) is 5.75 Å². The summed E-state index contributed by atoms with van der Waals surface area (Å²) < 4.78 is 5.54. The van der Waals surface area contributed by atoms with Crippen molar-refractivity contribution in [1.29, 1.82) is 0 Å². The number of hydrogen-bond donors (Lipinski definition) is 2. The van der Waals surface area contributed by atoms with Gasteiger partial charge in [-0.1, -0.05) is 13.0 Å². The summed E-state index contributed by atoms with van der Waals surface area (Å²) in [5.74, 6) is 0.798. The van der Waals surface area contributed by atoms with Crippen molar-refractivity contribution in [2.45, 2.75) is 46.1 Å². The Morgan fingerprint density at radius 1 is 1.30 bits per heavy atom. The molecule has 0 aliphatic heterocycles. The van der Waals surface area contributed by atoms with Gasteiger partial charge in [0.15, 0.2) is 0 Å². The van der Waals surface area contributed by atoms with Crippen LogP contribution in [0.25, 0.3) is 0 Å². The summed E-state index contributed by atoms with van der Waals surface area (Å²) in [5.41, 5.74) is 0.813. The number of amides is 1. The quantitative estimate of drug-likeness (QED) is 0.805. The van der Waals surface area contributed by atoms with Crippen molar-refractivity contribution in [3.8, 4) is 5.75 Å². The van der Waals surface area contributed by atoms with Crippen LogP contribution in [0.5, 0.6) is 5.75 Å². The van der Waals surface area contributed by atoms with Gasteiger partial charge in [-0.3, -0.25) is 4.79 Å². The van der Waals surface area contributed by atoms with Crippen LogP contribution in [-0.2, 0) is 4.79 Å². The molecule has 0 heterocycles. The Kier molecular flexibility index (Phi) is 6.52. The van der Waals surface area contributed by atoms with Gasteiger partial charge in [0, 0.05) is 30.3 Å². The molecule has 0 fully saturated rings. The van der Waals surface area contributed by atoms with Crippen LogP contribution in [0, 0.1) is 0 Å². The average molecular weight is 278 g/mol. The maximum atomic E-state index is 11.8. The van der Waals surface area contributed by atoms with Gasteiger partial charge in [-0.15, -0.1) is 0 Å². The largest absolute Gasteiger partial charge is 0.494 e. The molecule has 0 radical (unpaired) electrons. The minimum atomic E-state index is 0.00870. The Balaban J connectivity index is 2.41. The molecule has 0 aliphatic rings. The van der Waals surface area contributed by atoms with Crippen molar-refractivity contribution < 1.29 is 9.53 Å². The number of ether oxygens (including phenoxy) is 1. The molecule has 20 heavy (non-hydrogen) atoms. The highest BCUT2D eigenvalue weighted by molar-refractivity contribution is 5.91. The van der Waals surface area contributed by atoms with E-state index in [1.165, 1.54) is 0 Å². The fourth-order valence-corrected chi connectivity index (χ4v) is 1.66. The number of carbonyl (C=O) groups is 1. The second-order valence-electron chi connectivity index (χ2n) is 5.85. The lowest BCUT2D eigenvalue weighted by molar-refractivity contribution is -0.116. The fraction of sp³-hybridized carbons (Fsp3) is 0.562. The van der Waals surface area contributed by atoms with Crippen molar-refractivity contribution in [3.05, 3.63) is 24.3 Å². The lowest BCUT2D eigenvalue weighted by Gasteiger charge is -2.20. The van der Waals surface area contributed by atoms with Crippen LogP contribution in [0.2, 0.25) is 0 Å². The van der Waals surface area contributed by atoms with Gasteiger partial charge in [0.2, 0.25) is 5.91 Å². The van der Waals surface area contributed by atoms with E-state index in [4.69, 9.17) is 4.74 Å². The Labute approximate surface area is 121 Å². The number of carbonyl (C=O) groups excluding carboxylic acids is 1. The van der Waals surface area contributed by atoms with E-state index in [0.717, 1.165) is 17.9 Å². The van der Waals surface area contributed by atoms with E-state index >= 15 is 0 Å². The van der Waals surface area contributed by atoms with Gasteiger partial charge < -0.3 is 15.4 Å². The summed E-state index contributed by atoms with van der Waals surface area (Å²) >= 11 is 0. The third-order valence-electron chi connectivity index (χ3n) is 2.60. The van der Waals surface area contributed by atoms with E-state index in [1.54, 1.807) is 0 Å². The van der Waals surface area contributed by atoms with Crippen molar-refractivity contribution in [2.75, 3.05) is 18.5 Å². The molecule has 0 atom stereocenters. The highest BCUT2D eigenvalue weighted by Gasteiger charge is 2.09. The van der Waals surface area contributed by atoms with E-state index in [2.05, 4.69) is 38.3 Å². The minimum Gasteiger partial charge on any atom is -0.494 e. The van der Waals surface area contributed by atoms with Crippen LogP contribution < -0.4 is 15.4 Å². The van der Waals surface area contributed by atoms with Gasteiger partial charge in [0.05, 0.1) is 6.61 Å². The van der Waals surface area contributed by atoms with Crippen molar-refractivity contribution in [2.24, 2.45) is 0 Å². The van der Waals surface area contributed by atoms with E-state index in [0.29, 0.717) is 19.6 Å². The maximum absolute atomic E-state index is 11.8. The van der Waals surface area contributed by atoms with Crippen LogP contribution in [0.3, 0.4) is 0 Å². The average Bonchev–Trinajstić information content (AvgIpc) is 2.35. The summed E-state index contributed by atoms with van der Waals surface area (Å²) in [6.45, 7) is 9.67. The Morgan fingerprint density at radius 3 is 2.70 bits per heavy atom. The summed E-state index contributed by atoms with van der Waals surface area (Å²) in [4.78, 5) is 11.8. The molecule has 0 unspecified atom stereocenters. The van der Waals surface area contributed by atoms with Gasteiger partial charge in [-0.05, 0) is 39.3 Å². The Hall–Kier alpha value is -1.55. The molecule has 0 saturated carbocycles. The zero-order valence-electron chi connectivity index (χ0n) is 13.0. The summed E-state index contributed by atoms with van der Waals surface area (Å²) in [6, 6.07) is 7.50. The maximum Gasteiger partial charge on any atom is 0.225 e. The van der Waals surface area contributed by atoms with E-state index in [1.807, 2.05) is 24.3 Å². The fourth-order valence-electron chi connectivity index (χ4n) is 1.66. The second kappa shape index (κ2) is 7.90. The van der Waals surface area contributed by atoms with Crippen molar-refractivity contribution in [1.82, 2.24) is 5.32 Å². The smallest absolute Gasteiger partial charge is 0.225 e. The molecule has 0 aliphatic carbocycles. The lowest BCUT2D eigenvalue weighted by Crippen LogP contribution is -2.37. The monoisotopic (exact) mass is 278 g/mol. The molecule has 2 N–H and O–H groups in total. The predicted molar refractivity (Wildman–Crippen MR) is 83.2 cm³/mol. The molecule has 1 aromatic rings. The number of anilines is 1. The van der Waals surface area contributed by atoms with E-state index in [-0.39, 0.29) is 11.4 Å². The molecule has 0 aromatic heterocycles. The first-order valence-corrected chi connectivity index (χ1v) is 7.18. The molecule has 1 aromatic carbocycles. The zero-order chi connectivity index (χ0) is 15.0. The second-order valence-corrected chi connectivity index (χ2v) is 5.85. The van der Waals surface area contributed by atoms with Crippen LogP contribution in [0.15, 0.2) is 24.3 Å². The van der Waals surface area contributed by atoms with Crippen molar-refractivity contribution >= 4 is 11.6 Å². The number of rotatable bonds is 7. The normalized spacial score (nSPS) is 11.2. The van der Waals surface area contributed by atoms with Gasteiger partial charge in [0.25, 0.3) is 0 Å². The minimum absolute atomic E-state index is 0.00870. The molecular formula is C16H26N2O2. The first kappa shape index (κ1) is 16.5. The molecule has 0 bridgehead atoms. The van der Waals surface area contributed by atoms with Gasteiger partial charge in [-0.25, -0.2) is 0 Å². The molecular weight excluding hydrogens is 252 g/mol. The molecule has 4 nitrogen and oxygen atoms in total. The summed E-state index contributed by atoms with van der Waals surface area (Å²) in [5, 5.41) is 6.18. The van der Waals surface area contributed by atoms with Gasteiger partial charge >= 0.3 is 0 Å². The summed E-state index contributed by atoms with van der Waals surface area (Å²) in [6.07, 6.45) is 1.42. The summed E-state index contributed by atoms with van der Waals surface area (Å²) in [7, 11) is 0. The van der Waals surface area contributed by atoms with E-state index in [9.17, 15) is 4.79 Å². The van der Waals surface area contributed by atoms with Crippen LogP contribution >= 0.6 is 0 Å². The number of benzene rings is 1. The first-order valence-electron chi connectivity index (χ1n) is 7.18. The van der Waals surface area contributed by atoms with Crippen LogP contribution in [0.1, 0.15) is 40.5 Å². The van der Waals surface area contributed by atoms with E-state index < -0.39 is 0 Å². The highest BCUT2D eigenvalue weighted by atomic mass is 16.5. The number of nitrogens with one attached hydrogen (secondary N) is 2. The van der Waals surface area contributed by atoms with Gasteiger partial charge in [-0.2, -0.15) is 0 Å². The first-order chi connectivity index (χ1) is 9.40. The predicted octanol–water partition coefficient (Wildman–Crippen LogP) is 3.19. The van der Waals surface area contributed by atoms with Crippen molar-refractivity contribution in [3.63, 3.8) is 0 Å².